The Morgan fingerprint density at radius 1 is 1.32 bits per heavy atom. The highest BCUT2D eigenvalue weighted by molar-refractivity contribution is 7.98. The summed E-state index contributed by atoms with van der Waals surface area (Å²) in [5.41, 5.74) is 2.40. The summed E-state index contributed by atoms with van der Waals surface area (Å²) in [5, 5.41) is 7.09. The normalized spacial score (nSPS) is 10.4. The molecule has 2 rings (SSSR count). The minimum absolute atomic E-state index is 0.271. The molecule has 0 amide bonds. The number of anilines is 2. The monoisotopic (exact) mass is 281 g/mol. The Hall–Kier alpha value is -1.94. The van der Waals surface area contributed by atoms with E-state index < -0.39 is 0 Å². The van der Waals surface area contributed by atoms with Gasteiger partial charge in [-0.3, -0.25) is 5.43 Å². The van der Waals surface area contributed by atoms with Gasteiger partial charge >= 0.3 is 0 Å². The minimum atomic E-state index is 0.271. The first-order valence-electron chi connectivity index (χ1n) is 5.64. The van der Waals surface area contributed by atoms with Crippen LogP contribution in [-0.2, 0) is 0 Å². The standard InChI is InChI=1S/C9H15N9S/c1-19-4-2-3-12-7-14-8(17-10)16-9(15-7)18-6-11-5-13-18/h5-6H,2-4,10H2,1H3,(H2,12,14,15,16,17). The number of nitrogens with two attached hydrogens (primary N) is 1. The molecule has 10 heteroatoms. The third-order valence-corrected chi connectivity index (χ3v) is 2.88. The van der Waals surface area contributed by atoms with Gasteiger partial charge in [-0.15, -0.1) is 0 Å². The second kappa shape index (κ2) is 6.85. The van der Waals surface area contributed by atoms with Gasteiger partial charge < -0.3 is 5.32 Å². The second-order valence-corrected chi connectivity index (χ2v) is 4.53. The van der Waals surface area contributed by atoms with Crippen LogP contribution in [0.2, 0.25) is 0 Å². The molecule has 0 aliphatic heterocycles. The van der Waals surface area contributed by atoms with E-state index in [0.29, 0.717) is 11.9 Å². The lowest BCUT2D eigenvalue weighted by Gasteiger charge is -2.07. The van der Waals surface area contributed by atoms with Crippen LogP contribution in [0.5, 0.6) is 0 Å². The summed E-state index contributed by atoms with van der Waals surface area (Å²) in [6, 6.07) is 0. The summed E-state index contributed by atoms with van der Waals surface area (Å²) in [4.78, 5) is 16.3. The lowest BCUT2D eigenvalue weighted by molar-refractivity contribution is 0.793. The van der Waals surface area contributed by atoms with E-state index in [2.05, 4.69) is 42.0 Å². The molecule has 0 bridgehead atoms. The van der Waals surface area contributed by atoms with Crippen molar-refractivity contribution >= 4 is 23.7 Å². The molecule has 0 aliphatic rings. The smallest absolute Gasteiger partial charge is 0.258 e. The Bertz CT molecular complexity index is 500. The largest absolute Gasteiger partial charge is 0.354 e. The molecular formula is C9H15N9S. The number of aromatic nitrogens is 6. The van der Waals surface area contributed by atoms with E-state index in [-0.39, 0.29) is 5.95 Å². The van der Waals surface area contributed by atoms with Crippen LogP contribution in [-0.4, -0.2) is 48.3 Å². The zero-order valence-electron chi connectivity index (χ0n) is 10.4. The summed E-state index contributed by atoms with van der Waals surface area (Å²) in [5.74, 6) is 7.50. The van der Waals surface area contributed by atoms with Crippen molar-refractivity contribution in [3.05, 3.63) is 12.7 Å². The number of nitrogen functional groups attached to an aromatic ring is 1. The van der Waals surface area contributed by atoms with Gasteiger partial charge in [0, 0.05) is 6.54 Å². The second-order valence-electron chi connectivity index (χ2n) is 3.54. The van der Waals surface area contributed by atoms with Crippen LogP contribution in [0.4, 0.5) is 11.9 Å². The van der Waals surface area contributed by atoms with Crippen molar-refractivity contribution in [2.45, 2.75) is 6.42 Å². The van der Waals surface area contributed by atoms with Crippen LogP contribution in [0.15, 0.2) is 12.7 Å². The van der Waals surface area contributed by atoms with E-state index in [1.54, 1.807) is 11.8 Å². The molecule has 0 saturated heterocycles. The molecule has 0 saturated carbocycles. The van der Waals surface area contributed by atoms with Gasteiger partial charge in [-0.05, 0) is 18.4 Å². The van der Waals surface area contributed by atoms with Crippen molar-refractivity contribution in [2.75, 3.05) is 29.3 Å². The van der Waals surface area contributed by atoms with Gasteiger partial charge in [0.05, 0.1) is 0 Å². The van der Waals surface area contributed by atoms with E-state index >= 15 is 0 Å². The Morgan fingerprint density at radius 3 is 2.84 bits per heavy atom. The van der Waals surface area contributed by atoms with Gasteiger partial charge in [-0.25, -0.2) is 10.8 Å². The quantitative estimate of drug-likeness (QED) is 0.363. The van der Waals surface area contributed by atoms with Gasteiger partial charge in [0.25, 0.3) is 5.95 Å². The molecule has 0 spiro atoms. The average Bonchev–Trinajstić information content (AvgIpc) is 2.97. The van der Waals surface area contributed by atoms with Gasteiger partial charge in [-0.2, -0.15) is 36.5 Å². The fourth-order valence-electron chi connectivity index (χ4n) is 1.34. The highest BCUT2D eigenvalue weighted by Crippen LogP contribution is 2.07. The molecule has 102 valence electrons. The van der Waals surface area contributed by atoms with Crippen LogP contribution in [0.25, 0.3) is 5.95 Å². The SMILES string of the molecule is CSCCCNc1nc(NN)nc(-n2cncn2)n1. The molecule has 19 heavy (non-hydrogen) atoms. The number of hydrogen-bond donors (Lipinski definition) is 3. The summed E-state index contributed by atoms with van der Waals surface area (Å²) in [6.45, 7) is 0.783. The molecule has 4 N–H and O–H groups in total. The van der Waals surface area contributed by atoms with Crippen LogP contribution in [0.3, 0.4) is 0 Å². The van der Waals surface area contributed by atoms with Crippen LogP contribution in [0, 0.1) is 0 Å². The molecule has 0 aromatic carbocycles. The zero-order chi connectivity index (χ0) is 13.5. The Balaban J connectivity index is 2.12. The Labute approximate surface area is 114 Å². The number of hydrogen-bond acceptors (Lipinski definition) is 9. The van der Waals surface area contributed by atoms with Crippen molar-refractivity contribution in [3.63, 3.8) is 0 Å². The highest BCUT2D eigenvalue weighted by Gasteiger charge is 2.07. The Morgan fingerprint density at radius 2 is 2.16 bits per heavy atom. The lowest BCUT2D eigenvalue weighted by Crippen LogP contribution is -2.16. The fraction of sp³-hybridized carbons (Fsp3) is 0.444. The summed E-state index contributed by atoms with van der Waals surface area (Å²) in [6.07, 6.45) is 6.01. The van der Waals surface area contributed by atoms with Crippen molar-refractivity contribution in [3.8, 4) is 5.95 Å². The maximum absolute atomic E-state index is 5.34. The van der Waals surface area contributed by atoms with Crippen molar-refractivity contribution in [1.29, 1.82) is 0 Å². The molecule has 0 fully saturated rings. The maximum atomic E-state index is 5.34. The maximum Gasteiger partial charge on any atom is 0.258 e. The summed E-state index contributed by atoms with van der Waals surface area (Å²) >= 11 is 1.80. The molecule has 0 unspecified atom stereocenters. The predicted octanol–water partition coefficient (Wildman–Crippen LogP) is -0.0971. The van der Waals surface area contributed by atoms with Crippen molar-refractivity contribution < 1.29 is 0 Å². The third-order valence-electron chi connectivity index (χ3n) is 2.18. The first kappa shape index (κ1) is 13.5. The van der Waals surface area contributed by atoms with Crippen LogP contribution >= 0.6 is 11.8 Å². The van der Waals surface area contributed by atoms with Gasteiger partial charge in [0.2, 0.25) is 11.9 Å². The number of nitrogens with one attached hydrogen (secondary N) is 2. The zero-order valence-corrected chi connectivity index (χ0v) is 11.3. The molecule has 2 aromatic rings. The minimum Gasteiger partial charge on any atom is -0.354 e. The van der Waals surface area contributed by atoms with Crippen molar-refractivity contribution in [1.82, 2.24) is 29.7 Å². The lowest BCUT2D eigenvalue weighted by atomic mass is 10.5. The molecule has 2 heterocycles. The average molecular weight is 281 g/mol. The Kier molecular flexibility index (Phi) is 4.86. The van der Waals surface area contributed by atoms with E-state index in [1.807, 2.05) is 0 Å². The highest BCUT2D eigenvalue weighted by atomic mass is 32.2. The number of hydrazine groups is 1. The van der Waals surface area contributed by atoms with Crippen LogP contribution < -0.4 is 16.6 Å². The van der Waals surface area contributed by atoms with Gasteiger partial charge in [0.1, 0.15) is 12.7 Å². The molecule has 0 atom stereocenters. The fourth-order valence-corrected chi connectivity index (χ4v) is 1.77. The van der Waals surface area contributed by atoms with E-state index in [1.165, 1.54) is 17.3 Å². The van der Waals surface area contributed by atoms with Gasteiger partial charge in [0.15, 0.2) is 0 Å². The predicted molar refractivity (Wildman–Crippen MR) is 74.0 cm³/mol. The summed E-state index contributed by atoms with van der Waals surface area (Å²) in [7, 11) is 0. The van der Waals surface area contributed by atoms with E-state index in [4.69, 9.17) is 5.84 Å². The van der Waals surface area contributed by atoms with Crippen LogP contribution in [0.1, 0.15) is 6.42 Å². The molecule has 9 nitrogen and oxygen atoms in total. The number of thioether (sulfide) groups is 1. The topological polar surface area (TPSA) is 119 Å². The van der Waals surface area contributed by atoms with Gasteiger partial charge in [-0.1, -0.05) is 0 Å². The van der Waals surface area contributed by atoms with E-state index in [9.17, 15) is 0 Å². The molecular weight excluding hydrogens is 266 g/mol. The molecule has 0 radical (unpaired) electrons. The molecule has 0 aliphatic carbocycles. The van der Waals surface area contributed by atoms with Crippen molar-refractivity contribution in [2.24, 2.45) is 5.84 Å². The summed E-state index contributed by atoms with van der Waals surface area (Å²) < 4.78 is 1.44. The first-order valence-corrected chi connectivity index (χ1v) is 7.03. The van der Waals surface area contributed by atoms with E-state index in [0.717, 1.165) is 18.7 Å². The first-order chi connectivity index (χ1) is 9.33. The molecule has 2 aromatic heterocycles. The number of rotatable bonds is 7. The number of nitrogens with zero attached hydrogens (tertiary/aromatic N) is 6. The third kappa shape index (κ3) is 3.76.